The number of rotatable bonds is 6. The van der Waals surface area contributed by atoms with E-state index >= 15 is 0 Å². The molecule has 0 aromatic heterocycles. The molecule has 0 aliphatic heterocycles. The lowest BCUT2D eigenvalue weighted by Crippen LogP contribution is -2.21. The van der Waals surface area contributed by atoms with Crippen LogP contribution in [0.25, 0.3) is 0 Å². The molecule has 2 aromatic carbocycles. The number of carboxylic acid groups (broad SMARTS) is 1. The van der Waals surface area contributed by atoms with Crippen molar-refractivity contribution in [2.75, 3.05) is 11.9 Å². The first-order chi connectivity index (χ1) is 10.1. The van der Waals surface area contributed by atoms with Crippen LogP contribution in [0, 0.1) is 6.92 Å². The number of nitrogens with one attached hydrogen (secondary N) is 1. The lowest BCUT2D eigenvalue weighted by Gasteiger charge is -2.20. The SMILES string of the molecule is CCOc1ccccc1C(Nc1ccccc1C)C(=O)O. The van der Waals surface area contributed by atoms with E-state index in [-0.39, 0.29) is 0 Å². The molecule has 4 nitrogen and oxygen atoms in total. The molecule has 0 fully saturated rings. The maximum Gasteiger partial charge on any atom is 0.330 e. The molecule has 4 heteroatoms. The molecule has 1 atom stereocenters. The third-order valence-electron chi connectivity index (χ3n) is 3.22. The van der Waals surface area contributed by atoms with Gasteiger partial charge in [0.15, 0.2) is 6.04 Å². The Morgan fingerprint density at radius 3 is 2.52 bits per heavy atom. The number of carboxylic acids is 1. The highest BCUT2D eigenvalue weighted by Crippen LogP contribution is 2.29. The lowest BCUT2D eigenvalue weighted by molar-refractivity contribution is -0.138. The van der Waals surface area contributed by atoms with E-state index in [9.17, 15) is 9.90 Å². The first kappa shape index (κ1) is 14.9. The topological polar surface area (TPSA) is 58.6 Å². The minimum absolute atomic E-state index is 0.494. The van der Waals surface area contributed by atoms with Crippen LogP contribution in [0.4, 0.5) is 5.69 Å². The monoisotopic (exact) mass is 285 g/mol. The Hall–Kier alpha value is -2.49. The van der Waals surface area contributed by atoms with Gasteiger partial charge in [-0.1, -0.05) is 36.4 Å². The molecule has 21 heavy (non-hydrogen) atoms. The summed E-state index contributed by atoms with van der Waals surface area (Å²) in [6.07, 6.45) is 0. The van der Waals surface area contributed by atoms with Gasteiger partial charge in [0.25, 0.3) is 0 Å². The average molecular weight is 285 g/mol. The molecule has 0 amide bonds. The zero-order chi connectivity index (χ0) is 15.2. The second-order valence-corrected chi connectivity index (χ2v) is 4.70. The van der Waals surface area contributed by atoms with Crippen LogP contribution in [0.3, 0.4) is 0 Å². The summed E-state index contributed by atoms with van der Waals surface area (Å²) in [5, 5.41) is 12.6. The van der Waals surface area contributed by atoms with Gasteiger partial charge < -0.3 is 15.2 Å². The number of carbonyl (C=O) groups is 1. The fraction of sp³-hybridized carbons (Fsp3) is 0.235. The number of aliphatic carboxylic acids is 1. The standard InChI is InChI=1S/C17H19NO3/c1-3-21-15-11-7-5-9-13(15)16(17(19)20)18-14-10-6-4-8-12(14)2/h4-11,16,18H,3H2,1-2H3,(H,19,20). The fourth-order valence-corrected chi connectivity index (χ4v) is 2.17. The third-order valence-corrected chi connectivity index (χ3v) is 3.22. The van der Waals surface area contributed by atoms with E-state index in [0.717, 1.165) is 11.3 Å². The number of aryl methyl sites for hydroxylation is 1. The molecule has 0 spiro atoms. The number of ether oxygens (including phenoxy) is 1. The summed E-state index contributed by atoms with van der Waals surface area (Å²) in [4.78, 5) is 11.7. The van der Waals surface area contributed by atoms with Gasteiger partial charge in [-0.25, -0.2) is 4.79 Å². The van der Waals surface area contributed by atoms with E-state index in [2.05, 4.69) is 5.32 Å². The van der Waals surface area contributed by atoms with E-state index in [0.29, 0.717) is 17.9 Å². The van der Waals surface area contributed by atoms with Crippen molar-refractivity contribution in [3.05, 3.63) is 59.7 Å². The van der Waals surface area contributed by atoms with Crippen LogP contribution in [0.15, 0.2) is 48.5 Å². The fourth-order valence-electron chi connectivity index (χ4n) is 2.17. The highest BCUT2D eigenvalue weighted by molar-refractivity contribution is 5.80. The molecule has 2 aromatic rings. The van der Waals surface area contributed by atoms with Gasteiger partial charge in [0.05, 0.1) is 6.61 Å². The molecule has 2 N–H and O–H groups in total. The smallest absolute Gasteiger partial charge is 0.330 e. The van der Waals surface area contributed by atoms with Crippen LogP contribution >= 0.6 is 0 Å². The lowest BCUT2D eigenvalue weighted by atomic mass is 10.0. The Labute approximate surface area is 124 Å². The highest BCUT2D eigenvalue weighted by atomic mass is 16.5. The summed E-state index contributed by atoms with van der Waals surface area (Å²) in [5.41, 5.74) is 2.42. The van der Waals surface area contributed by atoms with Gasteiger partial charge in [0.1, 0.15) is 5.75 Å². The summed E-state index contributed by atoms with van der Waals surface area (Å²) in [5.74, 6) is -0.348. The normalized spacial score (nSPS) is 11.7. The molecule has 0 aliphatic rings. The van der Waals surface area contributed by atoms with Crippen LogP contribution in [0.5, 0.6) is 5.75 Å². The van der Waals surface area contributed by atoms with Crippen LogP contribution in [-0.4, -0.2) is 17.7 Å². The first-order valence-electron chi connectivity index (χ1n) is 6.90. The molecule has 1 unspecified atom stereocenters. The van der Waals surface area contributed by atoms with Crippen molar-refractivity contribution in [3.63, 3.8) is 0 Å². The molecule has 0 heterocycles. The average Bonchev–Trinajstić information content (AvgIpc) is 2.47. The van der Waals surface area contributed by atoms with Gasteiger partial charge in [0, 0.05) is 11.3 Å². The van der Waals surface area contributed by atoms with Crippen LogP contribution in [0.1, 0.15) is 24.1 Å². The van der Waals surface area contributed by atoms with Crippen molar-refractivity contribution in [1.29, 1.82) is 0 Å². The molecule has 110 valence electrons. The van der Waals surface area contributed by atoms with Crippen molar-refractivity contribution in [2.45, 2.75) is 19.9 Å². The maximum absolute atomic E-state index is 11.7. The summed E-state index contributed by atoms with van der Waals surface area (Å²) in [6, 6.07) is 14.0. The number of para-hydroxylation sites is 2. The number of anilines is 1. The molecule has 0 radical (unpaired) electrons. The van der Waals surface area contributed by atoms with Crippen molar-refractivity contribution in [3.8, 4) is 5.75 Å². The molecule has 0 saturated carbocycles. The van der Waals surface area contributed by atoms with Crippen molar-refractivity contribution < 1.29 is 14.6 Å². The van der Waals surface area contributed by atoms with Crippen molar-refractivity contribution in [2.24, 2.45) is 0 Å². The quantitative estimate of drug-likeness (QED) is 0.851. The molecule has 0 bridgehead atoms. The van der Waals surface area contributed by atoms with Gasteiger partial charge in [-0.15, -0.1) is 0 Å². The predicted molar refractivity (Wildman–Crippen MR) is 82.8 cm³/mol. The van der Waals surface area contributed by atoms with E-state index in [1.807, 2.05) is 50.2 Å². The van der Waals surface area contributed by atoms with Gasteiger partial charge in [0.2, 0.25) is 0 Å². The molecular weight excluding hydrogens is 266 g/mol. The maximum atomic E-state index is 11.7. The van der Waals surface area contributed by atoms with Gasteiger partial charge >= 0.3 is 5.97 Å². The van der Waals surface area contributed by atoms with Gasteiger partial charge in [-0.2, -0.15) is 0 Å². The van der Waals surface area contributed by atoms with Crippen LogP contribution in [-0.2, 0) is 4.79 Å². The zero-order valence-electron chi connectivity index (χ0n) is 12.2. The molecular formula is C17H19NO3. The molecule has 2 rings (SSSR count). The summed E-state index contributed by atoms with van der Waals surface area (Å²) in [6.45, 7) is 4.31. The third kappa shape index (κ3) is 3.54. The molecule has 0 saturated heterocycles. The molecule has 0 aliphatic carbocycles. The first-order valence-corrected chi connectivity index (χ1v) is 6.90. The second-order valence-electron chi connectivity index (χ2n) is 4.70. The van der Waals surface area contributed by atoms with E-state index in [1.54, 1.807) is 12.1 Å². The van der Waals surface area contributed by atoms with Gasteiger partial charge in [-0.05, 0) is 31.5 Å². The van der Waals surface area contributed by atoms with E-state index < -0.39 is 12.0 Å². The van der Waals surface area contributed by atoms with Crippen molar-refractivity contribution in [1.82, 2.24) is 0 Å². The van der Waals surface area contributed by atoms with Crippen LogP contribution in [0.2, 0.25) is 0 Å². The van der Waals surface area contributed by atoms with E-state index in [4.69, 9.17) is 4.74 Å². The largest absolute Gasteiger partial charge is 0.493 e. The zero-order valence-corrected chi connectivity index (χ0v) is 12.2. The van der Waals surface area contributed by atoms with Gasteiger partial charge in [-0.3, -0.25) is 0 Å². The minimum Gasteiger partial charge on any atom is -0.493 e. The summed E-state index contributed by atoms with van der Waals surface area (Å²) >= 11 is 0. The Morgan fingerprint density at radius 1 is 1.19 bits per heavy atom. The van der Waals surface area contributed by atoms with Crippen LogP contribution < -0.4 is 10.1 Å². The van der Waals surface area contributed by atoms with Crippen molar-refractivity contribution >= 4 is 11.7 Å². The Balaban J connectivity index is 2.36. The number of hydrogen-bond acceptors (Lipinski definition) is 3. The Kier molecular flexibility index (Phi) is 4.82. The second kappa shape index (κ2) is 6.79. The predicted octanol–water partition coefficient (Wildman–Crippen LogP) is 3.63. The Bertz CT molecular complexity index is 625. The Morgan fingerprint density at radius 2 is 1.86 bits per heavy atom. The summed E-state index contributed by atoms with van der Waals surface area (Å²) < 4.78 is 5.53. The minimum atomic E-state index is -0.939. The van der Waals surface area contributed by atoms with E-state index in [1.165, 1.54) is 0 Å². The number of benzene rings is 2. The summed E-state index contributed by atoms with van der Waals surface area (Å²) in [7, 11) is 0. The highest BCUT2D eigenvalue weighted by Gasteiger charge is 2.23. The number of hydrogen-bond donors (Lipinski definition) is 2.